The van der Waals surface area contributed by atoms with Crippen LogP contribution in [-0.4, -0.2) is 31.3 Å². The van der Waals surface area contributed by atoms with Crippen LogP contribution < -0.4 is 5.73 Å². The Labute approximate surface area is 78.4 Å². The maximum atomic E-state index is 11.2. The minimum atomic E-state index is -0.632. The first-order valence-corrected chi connectivity index (χ1v) is 4.63. The number of hydrogen-bond donors (Lipinski definition) is 1. The van der Waals surface area contributed by atoms with Gasteiger partial charge in [-0.1, -0.05) is 6.92 Å². The summed E-state index contributed by atoms with van der Waals surface area (Å²) in [5.74, 6) is 0.0506. The smallest absolute Gasteiger partial charge is 0.325 e. The quantitative estimate of drug-likeness (QED) is 0.554. The van der Waals surface area contributed by atoms with Crippen molar-refractivity contribution in [2.75, 3.05) is 13.2 Å². The number of rotatable bonds is 0. The predicted molar refractivity (Wildman–Crippen MR) is 48.1 cm³/mol. The van der Waals surface area contributed by atoms with Crippen molar-refractivity contribution in [3.05, 3.63) is 0 Å². The van der Waals surface area contributed by atoms with Gasteiger partial charge in [0.05, 0.1) is 12.7 Å². The minimum absolute atomic E-state index is 0.0600. The van der Waals surface area contributed by atoms with Crippen LogP contribution in [0, 0.1) is 5.92 Å². The molecule has 1 fully saturated rings. The fourth-order valence-electron chi connectivity index (χ4n) is 1.43. The van der Waals surface area contributed by atoms with E-state index >= 15 is 0 Å². The molecule has 1 saturated heterocycles. The average Bonchev–Trinajstić information content (AvgIpc) is 2.06. The average molecular weight is 187 g/mol. The molecule has 2 N–H and O–H groups in total. The van der Waals surface area contributed by atoms with Gasteiger partial charge in [0.1, 0.15) is 6.04 Å². The largest absolute Gasteiger partial charge is 0.461 e. The Morgan fingerprint density at radius 1 is 1.38 bits per heavy atom. The predicted octanol–water partition coefficient (Wildman–Crippen LogP) is 0.302. The molecule has 76 valence electrons. The van der Waals surface area contributed by atoms with Crippen molar-refractivity contribution in [2.45, 2.75) is 32.4 Å². The van der Waals surface area contributed by atoms with E-state index in [0.717, 1.165) is 6.42 Å². The molecule has 0 aromatic rings. The number of ether oxygens (including phenoxy) is 2. The number of esters is 1. The van der Waals surface area contributed by atoms with E-state index in [-0.39, 0.29) is 18.7 Å². The van der Waals surface area contributed by atoms with Crippen LogP contribution in [-0.2, 0) is 14.3 Å². The highest BCUT2D eigenvalue weighted by molar-refractivity contribution is 5.75. The van der Waals surface area contributed by atoms with Crippen LogP contribution in [0.25, 0.3) is 0 Å². The number of nitrogens with two attached hydrogens (primary N) is 1. The van der Waals surface area contributed by atoms with Crippen LogP contribution in [0.5, 0.6) is 0 Å². The Balaban J connectivity index is 2.54. The molecule has 0 aromatic carbocycles. The molecule has 4 heteroatoms. The van der Waals surface area contributed by atoms with Crippen LogP contribution in [0.2, 0.25) is 0 Å². The van der Waals surface area contributed by atoms with Gasteiger partial charge in [-0.3, -0.25) is 4.79 Å². The molecule has 0 bridgehead atoms. The van der Waals surface area contributed by atoms with Crippen molar-refractivity contribution in [3.63, 3.8) is 0 Å². The maximum absolute atomic E-state index is 11.2. The van der Waals surface area contributed by atoms with E-state index in [4.69, 9.17) is 15.2 Å². The molecule has 4 nitrogen and oxygen atoms in total. The third kappa shape index (κ3) is 3.32. The molecule has 0 amide bonds. The molecule has 0 spiro atoms. The van der Waals surface area contributed by atoms with E-state index in [2.05, 4.69) is 6.92 Å². The van der Waals surface area contributed by atoms with Crippen LogP contribution in [0.4, 0.5) is 0 Å². The lowest BCUT2D eigenvalue weighted by molar-refractivity contribution is -0.150. The van der Waals surface area contributed by atoms with Crippen LogP contribution in [0.1, 0.15) is 20.3 Å². The zero-order valence-corrected chi connectivity index (χ0v) is 8.16. The summed E-state index contributed by atoms with van der Waals surface area (Å²) in [7, 11) is 0. The number of hydrogen-bond acceptors (Lipinski definition) is 4. The zero-order valence-electron chi connectivity index (χ0n) is 8.16. The second kappa shape index (κ2) is 4.58. The molecule has 0 unspecified atom stereocenters. The molecule has 13 heavy (non-hydrogen) atoms. The topological polar surface area (TPSA) is 61.5 Å². The van der Waals surface area contributed by atoms with Gasteiger partial charge in [0.25, 0.3) is 0 Å². The first kappa shape index (κ1) is 10.5. The molecule has 1 aliphatic heterocycles. The first-order valence-electron chi connectivity index (χ1n) is 4.63. The summed E-state index contributed by atoms with van der Waals surface area (Å²) >= 11 is 0. The molecule has 0 aromatic heterocycles. The van der Waals surface area contributed by atoms with E-state index in [0.29, 0.717) is 12.5 Å². The molecule has 0 saturated carbocycles. The molecular weight excluding hydrogens is 170 g/mol. The van der Waals surface area contributed by atoms with Crippen molar-refractivity contribution in [3.8, 4) is 0 Å². The normalized spacial score (nSPS) is 37.2. The summed E-state index contributed by atoms with van der Waals surface area (Å²) in [6, 6.07) is -0.632. The van der Waals surface area contributed by atoms with E-state index in [1.165, 1.54) is 0 Å². The highest BCUT2D eigenvalue weighted by Crippen LogP contribution is 2.12. The summed E-state index contributed by atoms with van der Waals surface area (Å²) in [6.07, 6.45) is 0.772. The van der Waals surface area contributed by atoms with Crippen LogP contribution >= 0.6 is 0 Å². The van der Waals surface area contributed by atoms with Gasteiger partial charge >= 0.3 is 5.97 Å². The summed E-state index contributed by atoms with van der Waals surface area (Å²) in [5.41, 5.74) is 5.53. The second-order valence-electron chi connectivity index (χ2n) is 3.73. The lowest BCUT2D eigenvalue weighted by Gasteiger charge is -2.15. The molecule has 1 aliphatic rings. The SMILES string of the molecule is C[C@H]1COC[C@H](N)C(=O)O[C@@H](C)C1. The third-order valence-electron chi connectivity index (χ3n) is 2.05. The van der Waals surface area contributed by atoms with Gasteiger partial charge < -0.3 is 15.2 Å². The standard InChI is InChI=1S/C9H17NO3/c1-6-3-7(2)13-9(11)8(10)5-12-4-6/h6-8H,3-5,10H2,1-2H3/t6-,7+,8+/m1/s1. The highest BCUT2D eigenvalue weighted by atomic mass is 16.5. The Hall–Kier alpha value is -0.610. The minimum Gasteiger partial charge on any atom is -0.461 e. The number of cyclic esters (lactones) is 1. The van der Waals surface area contributed by atoms with Crippen molar-refractivity contribution in [1.82, 2.24) is 0 Å². The Kier molecular flexibility index (Phi) is 3.69. The Morgan fingerprint density at radius 3 is 2.77 bits per heavy atom. The van der Waals surface area contributed by atoms with Crippen LogP contribution in [0.3, 0.4) is 0 Å². The van der Waals surface area contributed by atoms with E-state index in [1.54, 1.807) is 0 Å². The Morgan fingerprint density at radius 2 is 2.08 bits per heavy atom. The third-order valence-corrected chi connectivity index (χ3v) is 2.05. The maximum Gasteiger partial charge on any atom is 0.325 e. The zero-order chi connectivity index (χ0) is 9.84. The molecule has 3 atom stereocenters. The first-order chi connectivity index (χ1) is 6.09. The molecule has 0 radical (unpaired) electrons. The fourth-order valence-corrected chi connectivity index (χ4v) is 1.43. The summed E-state index contributed by atoms with van der Waals surface area (Å²) in [4.78, 5) is 11.2. The molecule has 0 aliphatic carbocycles. The summed E-state index contributed by atoms with van der Waals surface area (Å²) < 4.78 is 10.4. The highest BCUT2D eigenvalue weighted by Gasteiger charge is 2.22. The van der Waals surface area contributed by atoms with Crippen molar-refractivity contribution in [2.24, 2.45) is 11.7 Å². The van der Waals surface area contributed by atoms with Crippen molar-refractivity contribution < 1.29 is 14.3 Å². The van der Waals surface area contributed by atoms with Gasteiger partial charge in [-0.05, 0) is 19.3 Å². The van der Waals surface area contributed by atoms with Gasteiger partial charge in [0.15, 0.2) is 0 Å². The van der Waals surface area contributed by atoms with Gasteiger partial charge in [0, 0.05) is 6.61 Å². The second-order valence-corrected chi connectivity index (χ2v) is 3.73. The van der Waals surface area contributed by atoms with Crippen molar-refractivity contribution in [1.29, 1.82) is 0 Å². The summed E-state index contributed by atoms with van der Waals surface area (Å²) in [5, 5.41) is 0. The van der Waals surface area contributed by atoms with Crippen molar-refractivity contribution >= 4 is 5.97 Å². The van der Waals surface area contributed by atoms with E-state index < -0.39 is 6.04 Å². The molecular formula is C9H17NO3. The van der Waals surface area contributed by atoms with Gasteiger partial charge in [0.2, 0.25) is 0 Å². The Bertz CT molecular complexity index is 184. The lowest BCUT2D eigenvalue weighted by Crippen LogP contribution is -2.37. The monoisotopic (exact) mass is 187 g/mol. The molecule has 1 rings (SSSR count). The van der Waals surface area contributed by atoms with E-state index in [1.807, 2.05) is 6.92 Å². The number of carbonyl (C=O) groups excluding carboxylic acids is 1. The number of carbonyl (C=O) groups is 1. The molecule has 1 heterocycles. The van der Waals surface area contributed by atoms with Gasteiger partial charge in [-0.25, -0.2) is 0 Å². The summed E-state index contributed by atoms with van der Waals surface area (Å²) in [6.45, 7) is 4.86. The van der Waals surface area contributed by atoms with E-state index in [9.17, 15) is 4.79 Å². The lowest BCUT2D eigenvalue weighted by atomic mass is 10.1. The van der Waals surface area contributed by atoms with Gasteiger partial charge in [-0.15, -0.1) is 0 Å². The van der Waals surface area contributed by atoms with Crippen LogP contribution in [0.15, 0.2) is 0 Å². The van der Waals surface area contributed by atoms with Gasteiger partial charge in [-0.2, -0.15) is 0 Å². The fraction of sp³-hybridized carbons (Fsp3) is 0.889.